The van der Waals surface area contributed by atoms with Gasteiger partial charge in [-0.2, -0.15) is 18.3 Å². The highest BCUT2D eigenvalue weighted by Crippen LogP contribution is 2.30. The Morgan fingerprint density at radius 3 is 2.76 bits per heavy atom. The van der Waals surface area contributed by atoms with Gasteiger partial charge in [0.2, 0.25) is 0 Å². The van der Waals surface area contributed by atoms with Crippen LogP contribution in [0.3, 0.4) is 0 Å². The smallest absolute Gasteiger partial charge is 0.273 e. The Kier molecular flexibility index (Phi) is 5.33. The molecule has 1 aromatic carbocycles. The molecule has 0 aliphatic rings. The van der Waals surface area contributed by atoms with Gasteiger partial charge in [-0.05, 0) is 42.7 Å². The normalized spacial score (nSPS) is 11.8. The fourth-order valence-electron chi connectivity index (χ4n) is 2.04. The molecule has 2 aromatic rings. The molecule has 2 nitrogen and oxygen atoms in total. The minimum atomic E-state index is -4.37. The summed E-state index contributed by atoms with van der Waals surface area (Å²) in [6, 6.07) is 7.98. The van der Waals surface area contributed by atoms with Gasteiger partial charge in [-0.1, -0.05) is 19.1 Å². The molecule has 0 fully saturated rings. The van der Waals surface area contributed by atoms with E-state index in [2.05, 4.69) is 12.0 Å². The van der Waals surface area contributed by atoms with Gasteiger partial charge >= 0.3 is 6.18 Å². The summed E-state index contributed by atoms with van der Waals surface area (Å²) in [6.45, 7) is 2.12. The van der Waals surface area contributed by atoms with Crippen LogP contribution in [0.5, 0.6) is 0 Å². The van der Waals surface area contributed by atoms with Crippen molar-refractivity contribution in [1.29, 1.82) is 0 Å². The number of hydrogen-bond acceptors (Lipinski definition) is 2. The first-order valence-electron chi connectivity index (χ1n) is 6.82. The number of benzene rings is 1. The zero-order valence-corrected chi connectivity index (χ0v) is 12.5. The molecule has 1 heterocycles. The van der Waals surface area contributed by atoms with Crippen molar-refractivity contribution in [3.8, 4) is 0 Å². The number of aromatic amines is 1. The van der Waals surface area contributed by atoms with Crippen molar-refractivity contribution in [3.63, 3.8) is 0 Å². The van der Waals surface area contributed by atoms with Crippen LogP contribution >= 0.6 is 11.8 Å². The van der Waals surface area contributed by atoms with Crippen LogP contribution in [0.4, 0.5) is 13.2 Å². The highest BCUT2D eigenvalue weighted by Gasteiger charge is 2.35. The summed E-state index contributed by atoms with van der Waals surface area (Å²) in [7, 11) is 0. The first-order chi connectivity index (χ1) is 10.0. The largest absolute Gasteiger partial charge is 0.433 e. The van der Waals surface area contributed by atoms with Crippen molar-refractivity contribution in [1.82, 2.24) is 10.2 Å². The van der Waals surface area contributed by atoms with Crippen LogP contribution in [-0.2, 0) is 19.0 Å². The topological polar surface area (TPSA) is 28.7 Å². The summed E-state index contributed by atoms with van der Waals surface area (Å²) in [5.41, 5.74) is 0.526. The van der Waals surface area contributed by atoms with Gasteiger partial charge in [-0.25, -0.2) is 0 Å². The highest BCUT2D eigenvalue weighted by molar-refractivity contribution is 7.99. The quantitative estimate of drug-likeness (QED) is 0.782. The van der Waals surface area contributed by atoms with E-state index in [9.17, 15) is 13.2 Å². The lowest BCUT2D eigenvalue weighted by atomic mass is 10.0. The minimum Gasteiger partial charge on any atom is -0.273 e. The van der Waals surface area contributed by atoms with Gasteiger partial charge in [-0.3, -0.25) is 5.10 Å². The Morgan fingerprint density at radius 2 is 2.05 bits per heavy atom. The van der Waals surface area contributed by atoms with Crippen molar-refractivity contribution in [2.45, 2.75) is 37.3 Å². The number of nitrogens with zero attached hydrogens (tertiary/aromatic N) is 1. The maximum Gasteiger partial charge on any atom is 0.433 e. The van der Waals surface area contributed by atoms with Crippen LogP contribution in [0.1, 0.15) is 30.2 Å². The third-order valence-corrected chi connectivity index (χ3v) is 4.26. The van der Waals surface area contributed by atoms with Gasteiger partial charge in [0.25, 0.3) is 0 Å². The van der Waals surface area contributed by atoms with Crippen LogP contribution in [-0.4, -0.2) is 16.0 Å². The molecule has 6 heteroatoms. The van der Waals surface area contributed by atoms with Crippen LogP contribution in [0.2, 0.25) is 0 Å². The molecular weight excluding hydrogens is 297 g/mol. The fourth-order valence-corrected chi connectivity index (χ4v) is 2.89. The van der Waals surface area contributed by atoms with Crippen LogP contribution in [0, 0.1) is 0 Å². The van der Waals surface area contributed by atoms with Crippen molar-refractivity contribution >= 4 is 11.8 Å². The standard InChI is InChI=1S/C15H17F3N2S/c1-2-8-21-13-5-3-4-11(9-13)6-7-12-10-19-20-14(12)15(16,17)18/h3-5,9-10H,2,6-8H2,1H3,(H,19,20). The molecule has 0 radical (unpaired) electrons. The average Bonchev–Trinajstić information content (AvgIpc) is 2.92. The number of rotatable bonds is 6. The Labute approximate surface area is 126 Å². The molecule has 1 N–H and O–H groups in total. The number of aryl methyl sites for hydroxylation is 2. The van der Waals surface area contributed by atoms with Gasteiger partial charge < -0.3 is 0 Å². The molecule has 2 rings (SSSR count). The van der Waals surface area contributed by atoms with Crippen molar-refractivity contribution < 1.29 is 13.2 Å². The van der Waals surface area contributed by atoms with Gasteiger partial charge in [0.05, 0.1) is 6.20 Å². The van der Waals surface area contributed by atoms with Gasteiger partial charge in [0.1, 0.15) is 5.69 Å². The lowest BCUT2D eigenvalue weighted by molar-refractivity contribution is -0.141. The van der Waals surface area contributed by atoms with E-state index in [1.54, 1.807) is 11.8 Å². The summed E-state index contributed by atoms with van der Waals surface area (Å²) < 4.78 is 38.2. The van der Waals surface area contributed by atoms with Crippen LogP contribution in [0.25, 0.3) is 0 Å². The van der Waals surface area contributed by atoms with Gasteiger partial charge in [-0.15, -0.1) is 11.8 Å². The molecule has 0 aliphatic heterocycles. The minimum absolute atomic E-state index is 0.217. The first kappa shape index (κ1) is 15.9. The number of H-pyrrole nitrogens is 1. The lowest BCUT2D eigenvalue weighted by Crippen LogP contribution is -2.09. The predicted molar refractivity (Wildman–Crippen MR) is 78.5 cm³/mol. The zero-order chi connectivity index (χ0) is 15.3. The van der Waals surface area contributed by atoms with Crippen molar-refractivity contribution in [3.05, 3.63) is 47.3 Å². The van der Waals surface area contributed by atoms with E-state index in [1.165, 1.54) is 6.20 Å². The Morgan fingerprint density at radius 1 is 1.24 bits per heavy atom. The second-order valence-electron chi connectivity index (χ2n) is 4.76. The maximum atomic E-state index is 12.7. The zero-order valence-electron chi connectivity index (χ0n) is 11.7. The third-order valence-electron chi connectivity index (χ3n) is 3.06. The van der Waals surface area contributed by atoms with Crippen molar-refractivity contribution in [2.24, 2.45) is 0 Å². The summed E-state index contributed by atoms with van der Waals surface area (Å²) in [4.78, 5) is 1.16. The maximum absolute atomic E-state index is 12.7. The Balaban J connectivity index is 2.02. The van der Waals surface area contributed by atoms with E-state index >= 15 is 0 Å². The molecule has 0 bridgehead atoms. The molecule has 0 spiro atoms. The summed E-state index contributed by atoms with van der Waals surface area (Å²) in [5, 5.41) is 5.55. The highest BCUT2D eigenvalue weighted by atomic mass is 32.2. The Hall–Kier alpha value is -1.43. The molecule has 0 saturated heterocycles. The molecule has 0 aliphatic carbocycles. The second kappa shape index (κ2) is 7.02. The summed E-state index contributed by atoms with van der Waals surface area (Å²) in [5.74, 6) is 1.05. The van der Waals surface area contributed by atoms with Gasteiger partial charge in [0.15, 0.2) is 0 Å². The number of aromatic nitrogens is 2. The lowest BCUT2D eigenvalue weighted by Gasteiger charge is -2.08. The molecule has 114 valence electrons. The first-order valence-corrected chi connectivity index (χ1v) is 7.80. The average molecular weight is 314 g/mol. The third kappa shape index (κ3) is 4.52. The monoisotopic (exact) mass is 314 g/mol. The van der Waals surface area contributed by atoms with E-state index < -0.39 is 11.9 Å². The number of halogens is 3. The predicted octanol–water partition coefficient (Wildman–Crippen LogP) is 4.72. The number of hydrogen-bond donors (Lipinski definition) is 1. The molecule has 0 amide bonds. The number of alkyl halides is 3. The molecule has 0 unspecified atom stereocenters. The SMILES string of the molecule is CCCSc1cccc(CCc2cn[nH]c2C(F)(F)F)c1. The molecule has 21 heavy (non-hydrogen) atoms. The number of thioether (sulfide) groups is 1. The molecule has 1 aromatic heterocycles. The summed E-state index contributed by atoms with van der Waals surface area (Å²) in [6.07, 6.45) is -1.11. The van der Waals surface area contributed by atoms with E-state index in [0.717, 1.165) is 22.6 Å². The van der Waals surface area contributed by atoms with E-state index in [0.29, 0.717) is 12.8 Å². The Bertz CT molecular complexity index is 578. The van der Waals surface area contributed by atoms with E-state index in [1.807, 2.05) is 29.4 Å². The van der Waals surface area contributed by atoms with E-state index in [4.69, 9.17) is 0 Å². The van der Waals surface area contributed by atoms with Crippen molar-refractivity contribution in [2.75, 3.05) is 5.75 Å². The van der Waals surface area contributed by atoms with Crippen LogP contribution in [0.15, 0.2) is 35.4 Å². The van der Waals surface area contributed by atoms with Gasteiger partial charge in [0, 0.05) is 10.5 Å². The van der Waals surface area contributed by atoms with E-state index in [-0.39, 0.29) is 5.56 Å². The number of nitrogens with one attached hydrogen (secondary N) is 1. The van der Waals surface area contributed by atoms with Crippen LogP contribution < -0.4 is 0 Å². The molecule has 0 saturated carbocycles. The fraction of sp³-hybridized carbons (Fsp3) is 0.400. The summed E-state index contributed by atoms with van der Waals surface area (Å²) >= 11 is 1.77. The molecule has 0 atom stereocenters. The second-order valence-corrected chi connectivity index (χ2v) is 5.93. The molecular formula is C15H17F3N2S.